The molecule has 12 nitrogen and oxygen atoms in total. The number of fused-ring (bicyclic) bond motifs is 2. The van der Waals surface area contributed by atoms with E-state index in [4.69, 9.17) is 42.1 Å². The molecule has 1 fully saturated rings. The highest BCUT2D eigenvalue weighted by molar-refractivity contribution is 6.36. The van der Waals surface area contributed by atoms with Gasteiger partial charge in [-0.05, 0) is 62.1 Å². The molecule has 1 amide bonds. The summed E-state index contributed by atoms with van der Waals surface area (Å²) in [5.74, 6) is 1.18. The molecule has 304 valence electrons. The molecule has 0 radical (unpaired) electrons. The van der Waals surface area contributed by atoms with Crippen molar-refractivity contribution in [1.82, 2.24) is 19.9 Å². The van der Waals surface area contributed by atoms with E-state index in [9.17, 15) is 4.79 Å². The lowest BCUT2D eigenvalue weighted by molar-refractivity contribution is 0.0155. The van der Waals surface area contributed by atoms with Gasteiger partial charge in [-0.1, -0.05) is 54.1 Å². The van der Waals surface area contributed by atoms with E-state index in [1.807, 2.05) is 71.6 Å². The number of piperazine rings is 1. The Kier molecular flexibility index (Phi) is 12.2. The molecule has 2 aromatic heterocycles. The number of methoxy groups -OCH3 is 2. The van der Waals surface area contributed by atoms with Gasteiger partial charge in [-0.15, -0.1) is 0 Å². The maximum atomic E-state index is 17.0. The van der Waals surface area contributed by atoms with Crippen molar-refractivity contribution in [2.24, 2.45) is 0 Å². The number of carbonyl (C=O) groups excluding carboxylic acids is 1. The van der Waals surface area contributed by atoms with Crippen LogP contribution < -0.4 is 24.4 Å². The molecule has 0 aliphatic carbocycles. The van der Waals surface area contributed by atoms with Crippen LogP contribution in [0.5, 0.6) is 17.5 Å². The molecule has 0 spiro atoms. The second-order valence-corrected chi connectivity index (χ2v) is 15.5. The first-order valence-electron chi connectivity index (χ1n) is 19.2. The van der Waals surface area contributed by atoms with Crippen molar-refractivity contribution < 1.29 is 28.1 Å². The summed E-state index contributed by atoms with van der Waals surface area (Å²) in [6, 6.07) is 24.2. The number of anilines is 2. The minimum Gasteiger partial charge on any atom is -0.497 e. The van der Waals surface area contributed by atoms with Gasteiger partial charge >= 0.3 is 12.1 Å². The number of pyridine rings is 1. The van der Waals surface area contributed by atoms with Crippen LogP contribution in [-0.4, -0.2) is 84.6 Å². The van der Waals surface area contributed by atoms with E-state index in [1.54, 1.807) is 58.2 Å². The summed E-state index contributed by atoms with van der Waals surface area (Å²) in [7, 11) is 3.25. The Labute approximate surface area is 347 Å². The average Bonchev–Trinajstić information content (AvgIpc) is 3.22. The Morgan fingerprint density at radius 2 is 1.81 bits per heavy atom. The third kappa shape index (κ3) is 9.18. The van der Waals surface area contributed by atoms with Crippen LogP contribution in [0.4, 0.5) is 20.7 Å². The predicted molar refractivity (Wildman–Crippen MR) is 228 cm³/mol. The van der Waals surface area contributed by atoms with E-state index in [1.165, 1.54) is 0 Å². The van der Waals surface area contributed by atoms with E-state index in [2.05, 4.69) is 20.1 Å². The zero-order valence-electron chi connectivity index (χ0n) is 33.6. The molecule has 0 saturated carbocycles. The van der Waals surface area contributed by atoms with Gasteiger partial charge in [-0.25, -0.2) is 15.8 Å². The Hall–Kier alpha value is -6.39. The Morgan fingerprint density at radius 1 is 1.02 bits per heavy atom. The van der Waals surface area contributed by atoms with Crippen LogP contribution >= 0.6 is 11.6 Å². The maximum absolute atomic E-state index is 17.0. The second kappa shape index (κ2) is 17.6. The molecule has 1 atom stereocenters. The summed E-state index contributed by atoms with van der Waals surface area (Å²) in [5.41, 5.74) is 2.83. The van der Waals surface area contributed by atoms with Gasteiger partial charge in [-0.3, -0.25) is 9.88 Å². The minimum absolute atomic E-state index is 0.0170. The standard InChI is InChI=1S/C45H45ClFN7O5/c1-45(2,3)59-44(55)54-20-19-53(27-32(54)25-48-4)42-35-26-50-40(34-14-8-11-29-12-9-15-36(46)38(29)34)39(47)41(35)51-43(52-42)58-21-18-28-10-7-13-31(22-28)49-24-30-16-17-33(56-5)23-37(30)57-6/h7-17,22-23,26,32,49H,18-21,24-25,27H2,1-3,5-6H3/t32-/m0/s1. The topological polar surface area (TPSA) is 116 Å². The van der Waals surface area contributed by atoms with Crippen LogP contribution in [0.1, 0.15) is 31.9 Å². The van der Waals surface area contributed by atoms with E-state index >= 15 is 4.39 Å². The van der Waals surface area contributed by atoms with Crippen LogP contribution in [-0.2, 0) is 17.7 Å². The molecule has 3 heterocycles. The van der Waals surface area contributed by atoms with E-state index in [0.717, 1.165) is 33.7 Å². The van der Waals surface area contributed by atoms with Gasteiger partial charge < -0.3 is 34.0 Å². The van der Waals surface area contributed by atoms with Crippen molar-refractivity contribution in [3.63, 3.8) is 0 Å². The van der Waals surface area contributed by atoms with Crippen LogP contribution in [0.25, 0.3) is 37.8 Å². The summed E-state index contributed by atoms with van der Waals surface area (Å²) in [6.45, 7) is 14.7. The molecule has 1 aliphatic heterocycles. The molecule has 59 heavy (non-hydrogen) atoms. The lowest BCUT2D eigenvalue weighted by Gasteiger charge is -2.40. The summed E-state index contributed by atoms with van der Waals surface area (Å²) < 4.78 is 39.7. The molecule has 0 unspecified atom stereocenters. The van der Waals surface area contributed by atoms with Gasteiger partial charge in [0.1, 0.15) is 40.2 Å². The number of nitrogens with one attached hydrogen (secondary N) is 1. The number of benzene rings is 4. The van der Waals surface area contributed by atoms with Crippen molar-refractivity contribution in [3.05, 3.63) is 118 Å². The lowest BCUT2D eigenvalue weighted by Crippen LogP contribution is -2.57. The van der Waals surface area contributed by atoms with Crippen molar-refractivity contribution in [3.8, 4) is 28.8 Å². The SMILES string of the molecule is [C-]#[N+]C[C@H]1CN(c2nc(OCCc3cccc(NCc4ccc(OC)cc4OC)c3)nc3c(F)c(-c4cccc5cccc(Cl)c45)ncc23)CCN1C(=O)OC(C)(C)C. The number of halogens is 2. The van der Waals surface area contributed by atoms with Crippen molar-refractivity contribution >= 4 is 50.9 Å². The number of hydrogen-bond acceptors (Lipinski definition) is 10. The maximum Gasteiger partial charge on any atom is 0.410 e. The summed E-state index contributed by atoms with van der Waals surface area (Å²) in [5, 5.41) is 5.82. The number of hydrogen-bond donors (Lipinski definition) is 1. The van der Waals surface area contributed by atoms with Crippen LogP contribution in [0.3, 0.4) is 0 Å². The van der Waals surface area contributed by atoms with E-state index < -0.39 is 23.6 Å². The van der Waals surface area contributed by atoms with Crippen LogP contribution in [0.2, 0.25) is 5.02 Å². The Balaban J connectivity index is 1.18. The number of nitrogens with zero attached hydrogens (tertiary/aromatic N) is 6. The molecule has 0 bridgehead atoms. The highest BCUT2D eigenvalue weighted by Crippen LogP contribution is 2.38. The third-order valence-corrected chi connectivity index (χ3v) is 10.3. The summed E-state index contributed by atoms with van der Waals surface area (Å²) in [6.07, 6.45) is 1.58. The van der Waals surface area contributed by atoms with Gasteiger partial charge in [0, 0.05) is 72.1 Å². The molecule has 14 heteroatoms. The lowest BCUT2D eigenvalue weighted by atomic mass is 10.0. The predicted octanol–water partition coefficient (Wildman–Crippen LogP) is 9.23. The fraction of sp³-hybridized carbons (Fsp3) is 0.311. The van der Waals surface area contributed by atoms with Gasteiger partial charge in [0.05, 0.1) is 26.2 Å². The first kappa shape index (κ1) is 40.8. The van der Waals surface area contributed by atoms with Crippen molar-refractivity contribution in [2.75, 3.05) is 57.2 Å². The number of carbonyl (C=O) groups is 1. The second-order valence-electron chi connectivity index (χ2n) is 15.1. The highest BCUT2D eigenvalue weighted by Gasteiger charge is 2.36. The van der Waals surface area contributed by atoms with Crippen LogP contribution in [0.15, 0.2) is 85.1 Å². The molecular weight excluding hydrogens is 773 g/mol. The van der Waals surface area contributed by atoms with Gasteiger partial charge in [0.25, 0.3) is 0 Å². The molecular formula is C45H45ClFN7O5. The quantitative estimate of drug-likeness (QED) is 0.120. The molecule has 1 saturated heterocycles. The number of rotatable bonds is 12. The molecule has 7 rings (SSSR count). The normalized spacial score (nSPS) is 14.2. The van der Waals surface area contributed by atoms with Gasteiger partial charge in [0.15, 0.2) is 5.82 Å². The molecule has 1 aliphatic rings. The monoisotopic (exact) mass is 817 g/mol. The van der Waals surface area contributed by atoms with E-state index in [0.29, 0.717) is 46.7 Å². The smallest absolute Gasteiger partial charge is 0.410 e. The molecule has 6 aromatic rings. The zero-order chi connectivity index (χ0) is 41.7. The molecule has 1 N–H and O–H groups in total. The van der Waals surface area contributed by atoms with Gasteiger partial charge in [0.2, 0.25) is 6.54 Å². The number of amides is 1. The third-order valence-electron chi connectivity index (χ3n) is 9.99. The van der Waals surface area contributed by atoms with E-state index in [-0.39, 0.29) is 43.5 Å². The highest BCUT2D eigenvalue weighted by atomic mass is 35.5. The summed E-state index contributed by atoms with van der Waals surface area (Å²) >= 11 is 6.66. The largest absolute Gasteiger partial charge is 0.497 e. The number of ether oxygens (including phenoxy) is 4. The summed E-state index contributed by atoms with van der Waals surface area (Å²) in [4.78, 5) is 34.4. The molecule has 4 aromatic carbocycles. The first-order chi connectivity index (χ1) is 28.5. The van der Waals surface area contributed by atoms with Crippen LogP contribution in [0, 0.1) is 12.4 Å². The first-order valence-corrected chi connectivity index (χ1v) is 19.6. The Morgan fingerprint density at radius 3 is 2.58 bits per heavy atom. The van der Waals surface area contributed by atoms with Crippen molar-refractivity contribution in [2.45, 2.75) is 45.4 Å². The number of aromatic nitrogens is 3. The van der Waals surface area contributed by atoms with Gasteiger partial charge in [-0.2, -0.15) is 9.97 Å². The Bertz CT molecular complexity index is 2540. The van der Waals surface area contributed by atoms with Crippen molar-refractivity contribution in [1.29, 1.82) is 0 Å². The fourth-order valence-electron chi connectivity index (χ4n) is 7.17. The fourth-order valence-corrected chi connectivity index (χ4v) is 7.45. The average molecular weight is 818 g/mol. The minimum atomic E-state index is -0.704. The zero-order valence-corrected chi connectivity index (χ0v) is 34.3.